The summed E-state index contributed by atoms with van der Waals surface area (Å²) >= 11 is 0. The molecule has 0 saturated heterocycles. The maximum Gasteiger partial charge on any atom is 0.346 e. The Bertz CT molecular complexity index is 542. The molecule has 1 saturated carbocycles. The van der Waals surface area contributed by atoms with Crippen molar-refractivity contribution in [2.75, 3.05) is 13.2 Å². The molecule has 1 fully saturated rings. The zero-order valence-electron chi connectivity index (χ0n) is 18.9. The fourth-order valence-corrected chi connectivity index (χ4v) is 2.86. The van der Waals surface area contributed by atoms with Gasteiger partial charge in [-0.1, -0.05) is 47.0 Å². The fraction of sp³-hybridized carbons (Fsp3) is 0.864. The third-order valence-corrected chi connectivity index (χ3v) is 5.05. The van der Waals surface area contributed by atoms with Crippen molar-refractivity contribution in [3.63, 3.8) is 0 Å². The Balaban J connectivity index is 2.44. The first-order valence-electron chi connectivity index (χ1n) is 10.6. The highest BCUT2D eigenvalue weighted by Gasteiger charge is 2.29. The monoisotopic (exact) mass is 414 g/mol. The highest BCUT2D eigenvalue weighted by molar-refractivity contribution is 5.81. The summed E-state index contributed by atoms with van der Waals surface area (Å²) < 4.78 is 21.3. The van der Waals surface area contributed by atoms with Gasteiger partial charge in [-0.15, -0.1) is 0 Å². The van der Waals surface area contributed by atoms with Crippen LogP contribution in [0.3, 0.4) is 0 Å². The van der Waals surface area contributed by atoms with Crippen LogP contribution >= 0.6 is 0 Å². The number of carbonyl (C=O) groups excluding carboxylic acids is 3. The molecule has 168 valence electrons. The van der Waals surface area contributed by atoms with E-state index in [-0.39, 0.29) is 11.5 Å². The lowest BCUT2D eigenvalue weighted by molar-refractivity contribution is -0.204. The first-order valence-corrected chi connectivity index (χ1v) is 10.6. The molecule has 1 aliphatic rings. The van der Waals surface area contributed by atoms with Crippen LogP contribution in [0.25, 0.3) is 0 Å². The topological polar surface area (TPSA) is 88.1 Å². The first-order chi connectivity index (χ1) is 13.4. The normalized spacial score (nSPS) is 16.8. The van der Waals surface area contributed by atoms with Crippen molar-refractivity contribution in [2.24, 2.45) is 10.8 Å². The Labute approximate surface area is 174 Å². The van der Waals surface area contributed by atoms with Gasteiger partial charge in [-0.25, -0.2) is 9.59 Å². The van der Waals surface area contributed by atoms with Gasteiger partial charge in [-0.2, -0.15) is 0 Å². The lowest BCUT2D eigenvalue weighted by atomic mass is 9.91. The van der Waals surface area contributed by atoms with Gasteiger partial charge >= 0.3 is 17.9 Å². The quantitative estimate of drug-likeness (QED) is 0.301. The summed E-state index contributed by atoms with van der Waals surface area (Å²) in [7, 11) is 0. The highest BCUT2D eigenvalue weighted by Crippen LogP contribution is 2.28. The molecule has 0 heterocycles. The summed E-state index contributed by atoms with van der Waals surface area (Å²) in [6, 6.07) is 0. The van der Waals surface area contributed by atoms with Crippen molar-refractivity contribution in [1.29, 1.82) is 0 Å². The number of hydrogen-bond acceptors (Lipinski definition) is 7. The number of carbonyl (C=O) groups is 3. The highest BCUT2D eigenvalue weighted by atomic mass is 16.7. The van der Waals surface area contributed by atoms with Gasteiger partial charge in [0.1, 0.15) is 0 Å². The first kappa shape index (κ1) is 25.4. The van der Waals surface area contributed by atoms with Crippen molar-refractivity contribution in [2.45, 2.75) is 98.9 Å². The molecule has 1 aliphatic carbocycles. The summed E-state index contributed by atoms with van der Waals surface area (Å²) in [4.78, 5) is 35.8. The van der Waals surface area contributed by atoms with Crippen molar-refractivity contribution in [3.05, 3.63) is 0 Å². The summed E-state index contributed by atoms with van der Waals surface area (Å²) in [6.45, 7) is 10.4. The Morgan fingerprint density at radius 3 is 2.03 bits per heavy atom. The maximum absolute atomic E-state index is 12.1. The fourth-order valence-electron chi connectivity index (χ4n) is 2.86. The van der Waals surface area contributed by atoms with Crippen molar-refractivity contribution in [3.8, 4) is 0 Å². The van der Waals surface area contributed by atoms with Gasteiger partial charge in [-0.3, -0.25) is 4.79 Å². The Hall–Kier alpha value is -1.63. The Morgan fingerprint density at radius 2 is 1.48 bits per heavy atom. The molecule has 1 unspecified atom stereocenters. The number of ether oxygens (including phenoxy) is 4. The number of esters is 3. The van der Waals surface area contributed by atoms with Crippen LogP contribution in [-0.2, 0) is 33.3 Å². The molecule has 0 aromatic heterocycles. The molecule has 0 bridgehead atoms. The average Bonchev–Trinajstić information content (AvgIpc) is 2.63. The molecular weight excluding hydrogens is 376 g/mol. The number of hydrogen-bond donors (Lipinski definition) is 0. The molecule has 1 atom stereocenters. The van der Waals surface area contributed by atoms with E-state index in [1.807, 2.05) is 27.7 Å². The maximum atomic E-state index is 12.1. The third kappa shape index (κ3) is 10.6. The van der Waals surface area contributed by atoms with Gasteiger partial charge in [0.25, 0.3) is 0 Å². The predicted molar refractivity (Wildman–Crippen MR) is 108 cm³/mol. The van der Waals surface area contributed by atoms with E-state index in [1.54, 1.807) is 13.8 Å². The van der Waals surface area contributed by atoms with Gasteiger partial charge in [0.2, 0.25) is 6.29 Å². The van der Waals surface area contributed by atoms with Crippen molar-refractivity contribution >= 4 is 17.9 Å². The average molecular weight is 415 g/mol. The van der Waals surface area contributed by atoms with Gasteiger partial charge in [-0.05, 0) is 38.5 Å². The van der Waals surface area contributed by atoms with E-state index in [9.17, 15) is 14.4 Å². The second-order valence-corrected chi connectivity index (χ2v) is 9.55. The van der Waals surface area contributed by atoms with Crippen LogP contribution in [0.1, 0.15) is 86.5 Å². The molecule has 7 nitrogen and oxygen atoms in total. The van der Waals surface area contributed by atoms with Crippen LogP contribution in [0, 0.1) is 10.8 Å². The molecule has 0 amide bonds. The minimum atomic E-state index is -0.789. The van der Waals surface area contributed by atoms with E-state index >= 15 is 0 Å². The zero-order valence-corrected chi connectivity index (χ0v) is 18.9. The van der Waals surface area contributed by atoms with Crippen LogP contribution in [0.2, 0.25) is 0 Å². The molecular formula is C22H38O7. The molecule has 7 heteroatoms. The largest absolute Gasteiger partial charge is 0.453 e. The molecule has 0 N–H and O–H groups in total. The van der Waals surface area contributed by atoms with Crippen LogP contribution in [0.15, 0.2) is 0 Å². The minimum Gasteiger partial charge on any atom is -0.453 e. The van der Waals surface area contributed by atoms with Gasteiger partial charge in [0.05, 0.1) is 11.5 Å². The minimum absolute atomic E-state index is 0.0867. The van der Waals surface area contributed by atoms with Gasteiger partial charge in [0, 0.05) is 6.42 Å². The lowest BCUT2D eigenvalue weighted by Crippen LogP contribution is -2.33. The van der Waals surface area contributed by atoms with Crippen LogP contribution in [-0.4, -0.2) is 43.5 Å². The van der Waals surface area contributed by atoms with Crippen molar-refractivity contribution < 1.29 is 33.3 Å². The van der Waals surface area contributed by atoms with Crippen molar-refractivity contribution in [1.82, 2.24) is 0 Å². The Morgan fingerprint density at radius 1 is 0.897 bits per heavy atom. The Kier molecular flexibility index (Phi) is 10.1. The second kappa shape index (κ2) is 11.5. The van der Waals surface area contributed by atoms with Gasteiger partial charge in [0.15, 0.2) is 13.2 Å². The van der Waals surface area contributed by atoms with E-state index in [0.717, 1.165) is 25.7 Å². The molecule has 1 rings (SSSR count). The molecule has 0 aromatic carbocycles. The summed E-state index contributed by atoms with van der Waals surface area (Å²) in [5.41, 5.74) is -0.758. The van der Waals surface area contributed by atoms with Crippen LogP contribution < -0.4 is 0 Å². The third-order valence-electron chi connectivity index (χ3n) is 5.05. The van der Waals surface area contributed by atoms with Gasteiger partial charge < -0.3 is 18.9 Å². The standard InChI is InChI=1S/C22H38O7/c1-7-22(5,6)20(25)27-14-17(23)26-15-18(24)29-19(13-21(2,3)4)28-16-11-9-8-10-12-16/h16,19H,7-15H2,1-6H3. The molecule has 0 radical (unpaired) electrons. The van der Waals surface area contributed by atoms with E-state index in [4.69, 9.17) is 18.9 Å². The van der Waals surface area contributed by atoms with E-state index in [2.05, 4.69) is 0 Å². The number of rotatable bonds is 10. The van der Waals surface area contributed by atoms with Crippen LogP contribution in [0.5, 0.6) is 0 Å². The summed E-state index contributed by atoms with van der Waals surface area (Å²) in [6.07, 6.45) is 5.92. The summed E-state index contributed by atoms with van der Waals surface area (Å²) in [5.74, 6) is -1.95. The molecule has 0 spiro atoms. The molecule has 0 aliphatic heterocycles. The second-order valence-electron chi connectivity index (χ2n) is 9.55. The SMILES string of the molecule is CCC(C)(C)C(=O)OCC(=O)OCC(=O)OC(CC(C)(C)C)OC1CCCCC1. The summed E-state index contributed by atoms with van der Waals surface area (Å²) in [5, 5.41) is 0. The van der Waals surface area contributed by atoms with Crippen LogP contribution in [0.4, 0.5) is 0 Å². The molecule has 29 heavy (non-hydrogen) atoms. The smallest absolute Gasteiger partial charge is 0.346 e. The zero-order chi connectivity index (χ0) is 22.1. The van der Waals surface area contributed by atoms with E-state index < -0.39 is 42.8 Å². The lowest BCUT2D eigenvalue weighted by Gasteiger charge is -2.31. The van der Waals surface area contributed by atoms with E-state index in [0.29, 0.717) is 12.8 Å². The van der Waals surface area contributed by atoms with E-state index in [1.165, 1.54) is 6.42 Å². The predicted octanol–water partition coefficient (Wildman–Crippen LogP) is 4.16. The molecule has 0 aromatic rings.